The maximum atomic E-state index is 13.5. The predicted octanol–water partition coefficient (Wildman–Crippen LogP) is 4.41. The summed E-state index contributed by atoms with van der Waals surface area (Å²) in [6.07, 6.45) is 6.98. The quantitative estimate of drug-likeness (QED) is 0.581. The highest BCUT2D eigenvalue weighted by Gasteiger charge is 2.30. The number of carbonyl (C=O) groups is 2. The molecule has 0 atom stereocenters. The minimum absolute atomic E-state index is 0.00229. The normalized spacial score (nSPS) is 14.5. The predicted molar refractivity (Wildman–Crippen MR) is 126 cm³/mol. The van der Waals surface area contributed by atoms with Gasteiger partial charge < -0.3 is 9.80 Å². The summed E-state index contributed by atoms with van der Waals surface area (Å²) in [5.74, 6) is 0.214. The second kappa shape index (κ2) is 9.90. The second-order valence-electron chi connectivity index (χ2n) is 8.49. The fourth-order valence-corrected chi connectivity index (χ4v) is 4.34. The molecular formula is C26H30N4O2. The molecule has 0 saturated carbocycles. The van der Waals surface area contributed by atoms with Crippen LogP contribution in [0.2, 0.25) is 0 Å². The van der Waals surface area contributed by atoms with Crippen LogP contribution in [0, 0.1) is 5.92 Å². The standard InChI is InChI=1S/C26H30N4O2/c1-3-4-15-29(2)25(31)20-11-16-30(17-12-20)26(32)22-18-24(19-9-13-27-14-10-19)28-23-8-6-5-7-21(22)23/h5-10,13-14,18,20H,3-4,11-12,15-17H2,1-2H3. The number of hydrogen-bond donors (Lipinski definition) is 0. The number of fused-ring (bicyclic) bond motifs is 1. The smallest absolute Gasteiger partial charge is 0.254 e. The van der Waals surface area contributed by atoms with E-state index in [9.17, 15) is 9.59 Å². The van der Waals surface area contributed by atoms with E-state index < -0.39 is 0 Å². The summed E-state index contributed by atoms with van der Waals surface area (Å²) in [5, 5.41) is 0.854. The molecule has 0 N–H and O–H groups in total. The Hall–Kier alpha value is -3.28. The van der Waals surface area contributed by atoms with Gasteiger partial charge in [-0.3, -0.25) is 14.6 Å². The van der Waals surface area contributed by atoms with E-state index in [0.717, 1.165) is 41.5 Å². The van der Waals surface area contributed by atoms with Crippen molar-refractivity contribution in [2.24, 2.45) is 5.92 Å². The number of piperidine rings is 1. The number of nitrogens with zero attached hydrogens (tertiary/aromatic N) is 4. The molecule has 2 amide bonds. The highest BCUT2D eigenvalue weighted by Crippen LogP contribution is 2.27. The Kier molecular flexibility index (Phi) is 6.78. The van der Waals surface area contributed by atoms with E-state index in [4.69, 9.17) is 4.98 Å². The number of hydrogen-bond acceptors (Lipinski definition) is 4. The Bertz CT molecular complexity index is 1090. The van der Waals surface area contributed by atoms with Crippen LogP contribution in [0.3, 0.4) is 0 Å². The Morgan fingerprint density at radius 3 is 2.53 bits per heavy atom. The van der Waals surface area contributed by atoms with Crippen molar-refractivity contribution in [3.05, 3.63) is 60.4 Å². The number of amides is 2. The van der Waals surface area contributed by atoms with Crippen LogP contribution in [0.1, 0.15) is 43.0 Å². The van der Waals surface area contributed by atoms with Crippen LogP contribution in [0.4, 0.5) is 0 Å². The van der Waals surface area contributed by atoms with Crippen LogP contribution in [0.25, 0.3) is 22.2 Å². The topological polar surface area (TPSA) is 66.4 Å². The number of benzene rings is 1. The summed E-state index contributed by atoms with van der Waals surface area (Å²) < 4.78 is 0. The van der Waals surface area contributed by atoms with Gasteiger partial charge in [0.25, 0.3) is 5.91 Å². The van der Waals surface area contributed by atoms with Crippen LogP contribution >= 0.6 is 0 Å². The van der Waals surface area contributed by atoms with Gasteiger partial charge in [0.2, 0.25) is 5.91 Å². The summed E-state index contributed by atoms with van der Waals surface area (Å²) in [5.41, 5.74) is 3.15. The first-order valence-electron chi connectivity index (χ1n) is 11.4. The SMILES string of the molecule is CCCCN(C)C(=O)C1CCN(C(=O)c2cc(-c3ccncc3)nc3ccccc23)CC1. The van der Waals surface area contributed by atoms with Crippen molar-refractivity contribution in [2.75, 3.05) is 26.7 Å². The van der Waals surface area contributed by atoms with Gasteiger partial charge in [0.15, 0.2) is 0 Å². The third-order valence-electron chi connectivity index (χ3n) is 6.28. The minimum atomic E-state index is 0.00229. The lowest BCUT2D eigenvalue weighted by molar-refractivity contribution is -0.135. The molecule has 6 heteroatoms. The van der Waals surface area contributed by atoms with Gasteiger partial charge in [0.05, 0.1) is 16.8 Å². The van der Waals surface area contributed by atoms with Gasteiger partial charge in [-0.25, -0.2) is 4.98 Å². The Morgan fingerprint density at radius 2 is 1.81 bits per heavy atom. The first-order valence-corrected chi connectivity index (χ1v) is 11.4. The molecule has 1 saturated heterocycles. The van der Waals surface area contributed by atoms with Crippen molar-refractivity contribution >= 4 is 22.7 Å². The molecule has 0 spiro atoms. The molecule has 0 aliphatic carbocycles. The summed E-state index contributed by atoms with van der Waals surface area (Å²) >= 11 is 0. The van der Waals surface area contributed by atoms with E-state index in [0.29, 0.717) is 31.5 Å². The number of likely N-dealkylation sites (tertiary alicyclic amines) is 1. The zero-order valence-electron chi connectivity index (χ0n) is 18.8. The molecule has 166 valence electrons. The van der Waals surface area contributed by atoms with E-state index in [1.165, 1.54) is 0 Å². The van der Waals surface area contributed by atoms with Crippen LogP contribution in [0.15, 0.2) is 54.9 Å². The van der Waals surface area contributed by atoms with Gasteiger partial charge in [-0.15, -0.1) is 0 Å². The van der Waals surface area contributed by atoms with Gasteiger partial charge in [-0.1, -0.05) is 31.5 Å². The Morgan fingerprint density at radius 1 is 1.09 bits per heavy atom. The van der Waals surface area contributed by atoms with Crippen LogP contribution in [-0.4, -0.2) is 58.3 Å². The summed E-state index contributed by atoms with van der Waals surface area (Å²) in [4.78, 5) is 38.9. The number of aromatic nitrogens is 2. The summed E-state index contributed by atoms with van der Waals surface area (Å²) in [7, 11) is 1.89. The number of unbranched alkanes of at least 4 members (excludes halogenated alkanes) is 1. The molecule has 3 heterocycles. The van der Waals surface area contributed by atoms with E-state index in [1.54, 1.807) is 12.4 Å². The molecule has 1 aliphatic rings. The maximum Gasteiger partial charge on any atom is 0.254 e. The van der Waals surface area contributed by atoms with Crippen molar-refractivity contribution < 1.29 is 9.59 Å². The molecule has 1 aromatic carbocycles. The average Bonchev–Trinajstić information content (AvgIpc) is 2.86. The van der Waals surface area contributed by atoms with Crippen molar-refractivity contribution in [3.63, 3.8) is 0 Å². The van der Waals surface area contributed by atoms with Crippen LogP contribution in [-0.2, 0) is 4.79 Å². The fourth-order valence-electron chi connectivity index (χ4n) is 4.34. The van der Waals surface area contributed by atoms with Gasteiger partial charge in [0.1, 0.15) is 0 Å². The number of rotatable bonds is 6. The van der Waals surface area contributed by atoms with Gasteiger partial charge in [0, 0.05) is 55.9 Å². The first kappa shape index (κ1) is 21.9. The minimum Gasteiger partial charge on any atom is -0.346 e. The van der Waals surface area contributed by atoms with Crippen LogP contribution in [0.5, 0.6) is 0 Å². The Balaban J connectivity index is 1.54. The lowest BCUT2D eigenvalue weighted by Crippen LogP contribution is -2.43. The average molecular weight is 431 g/mol. The highest BCUT2D eigenvalue weighted by atomic mass is 16.2. The van der Waals surface area contributed by atoms with Crippen molar-refractivity contribution in [2.45, 2.75) is 32.6 Å². The molecule has 1 fully saturated rings. The number of para-hydroxylation sites is 1. The second-order valence-corrected chi connectivity index (χ2v) is 8.49. The molecule has 0 unspecified atom stereocenters. The molecule has 6 nitrogen and oxygen atoms in total. The van der Waals surface area contributed by atoms with E-state index in [2.05, 4.69) is 11.9 Å². The van der Waals surface area contributed by atoms with E-state index in [1.807, 2.05) is 59.3 Å². The number of pyridine rings is 2. The lowest BCUT2D eigenvalue weighted by Gasteiger charge is -2.33. The summed E-state index contributed by atoms with van der Waals surface area (Å²) in [6.45, 7) is 4.12. The van der Waals surface area contributed by atoms with E-state index >= 15 is 0 Å². The van der Waals surface area contributed by atoms with Gasteiger partial charge in [-0.05, 0) is 43.5 Å². The van der Waals surface area contributed by atoms with Gasteiger partial charge >= 0.3 is 0 Å². The zero-order chi connectivity index (χ0) is 22.5. The molecular weight excluding hydrogens is 400 g/mol. The lowest BCUT2D eigenvalue weighted by atomic mass is 9.94. The molecule has 0 bridgehead atoms. The highest BCUT2D eigenvalue weighted by molar-refractivity contribution is 6.07. The third-order valence-corrected chi connectivity index (χ3v) is 6.28. The molecule has 2 aromatic heterocycles. The van der Waals surface area contributed by atoms with Crippen LogP contribution < -0.4 is 0 Å². The largest absolute Gasteiger partial charge is 0.346 e. The zero-order valence-corrected chi connectivity index (χ0v) is 18.8. The van der Waals surface area contributed by atoms with Crippen molar-refractivity contribution in [3.8, 4) is 11.3 Å². The van der Waals surface area contributed by atoms with E-state index in [-0.39, 0.29) is 17.7 Å². The molecule has 4 rings (SSSR count). The van der Waals surface area contributed by atoms with Gasteiger partial charge in [-0.2, -0.15) is 0 Å². The molecule has 1 aliphatic heterocycles. The molecule has 3 aromatic rings. The molecule has 32 heavy (non-hydrogen) atoms. The number of carbonyl (C=O) groups excluding carboxylic acids is 2. The van der Waals surface area contributed by atoms with Crippen molar-refractivity contribution in [1.82, 2.24) is 19.8 Å². The first-order chi connectivity index (χ1) is 15.6. The Labute approximate surface area is 189 Å². The maximum absolute atomic E-state index is 13.5. The monoisotopic (exact) mass is 430 g/mol. The fraction of sp³-hybridized carbons (Fsp3) is 0.385. The third kappa shape index (κ3) is 4.64. The molecule has 0 radical (unpaired) electrons. The summed E-state index contributed by atoms with van der Waals surface area (Å²) in [6, 6.07) is 13.4. The van der Waals surface area contributed by atoms with Crippen molar-refractivity contribution in [1.29, 1.82) is 0 Å².